The van der Waals surface area contributed by atoms with Gasteiger partial charge in [-0.1, -0.05) is 19.9 Å². The fourth-order valence-corrected chi connectivity index (χ4v) is 3.50. The third-order valence-electron chi connectivity index (χ3n) is 2.53. The molecule has 1 aromatic rings. The third kappa shape index (κ3) is 4.35. The molecule has 18 heavy (non-hydrogen) atoms. The van der Waals surface area contributed by atoms with Crippen molar-refractivity contribution >= 4 is 26.0 Å². The molecule has 0 spiro atoms. The molecule has 1 rings (SSSR count). The molecule has 0 atom stereocenters. The van der Waals surface area contributed by atoms with Gasteiger partial charge >= 0.3 is 0 Å². The largest absolute Gasteiger partial charge is 0.326 e. The second kappa shape index (κ2) is 6.65. The molecule has 0 bridgehead atoms. The summed E-state index contributed by atoms with van der Waals surface area (Å²) in [6, 6.07) is 5.11. The van der Waals surface area contributed by atoms with E-state index in [0.29, 0.717) is 23.5 Å². The van der Waals surface area contributed by atoms with Crippen LogP contribution in [0.1, 0.15) is 25.8 Å². The Morgan fingerprint density at radius 1 is 1.39 bits per heavy atom. The SMILES string of the molecule is CC(C)CCNS(=O)(=O)c1cc(CN)ccc1Br. The van der Waals surface area contributed by atoms with Crippen molar-refractivity contribution < 1.29 is 8.42 Å². The molecular weight excluding hydrogens is 316 g/mol. The average molecular weight is 335 g/mol. The minimum absolute atomic E-state index is 0.245. The molecule has 1 aromatic carbocycles. The van der Waals surface area contributed by atoms with Gasteiger partial charge in [0, 0.05) is 17.6 Å². The number of hydrogen-bond donors (Lipinski definition) is 2. The highest BCUT2D eigenvalue weighted by Crippen LogP contribution is 2.23. The lowest BCUT2D eigenvalue weighted by Crippen LogP contribution is -2.26. The summed E-state index contributed by atoms with van der Waals surface area (Å²) in [6.07, 6.45) is 0.813. The molecule has 0 aromatic heterocycles. The normalized spacial score (nSPS) is 12.1. The number of nitrogens with two attached hydrogens (primary N) is 1. The van der Waals surface area contributed by atoms with E-state index in [2.05, 4.69) is 34.5 Å². The van der Waals surface area contributed by atoms with Crippen LogP contribution in [0.3, 0.4) is 0 Å². The summed E-state index contributed by atoms with van der Waals surface area (Å²) in [4.78, 5) is 0.245. The Hall–Kier alpha value is -0.430. The van der Waals surface area contributed by atoms with Gasteiger partial charge in [-0.2, -0.15) is 0 Å². The lowest BCUT2D eigenvalue weighted by molar-refractivity contribution is 0.551. The van der Waals surface area contributed by atoms with Gasteiger partial charge in [-0.05, 0) is 46.0 Å². The van der Waals surface area contributed by atoms with E-state index in [0.717, 1.165) is 12.0 Å². The molecule has 6 heteroatoms. The van der Waals surface area contributed by atoms with Gasteiger partial charge in [0.15, 0.2) is 0 Å². The molecule has 0 aliphatic rings. The number of benzene rings is 1. The van der Waals surface area contributed by atoms with Crippen LogP contribution in [0, 0.1) is 5.92 Å². The van der Waals surface area contributed by atoms with E-state index in [9.17, 15) is 8.42 Å². The number of sulfonamides is 1. The predicted molar refractivity (Wildman–Crippen MR) is 76.7 cm³/mol. The van der Waals surface area contributed by atoms with Crippen LogP contribution >= 0.6 is 15.9 Å². The Kier molecular flexibility index (Phi) is 5.78. The van der Waals surface area contributed by atoms with Crippen molar-refractivity contribution in [3.05, 3.63) is 28.2 Å². The number of rotatable bonds is 6. The van der Waals surface area contributed by atoms with Crippen molar-refractivity contribution in [1.29, 1.82) is 0 Å². The van der Waals surface area contributed by atoms with Gasteiger partial charge in [0.1, 0.15) is 0 Å². The van der Waals surface area contributed by atoms with Crippen molar-refractivity contribution in [1.82, 2.24) is 4.72 Å². The Morgan fingerprint density at radius 3 is 2.61 bits per heavy atom. The molecule has 0 aliphatic carbocycles. The summed E-state index contributed by atoms with van der Waals surface area (Å²) < 4.78 is 27.4. The highest BCUT2D eigenvalue weighted by molar-refractivity contribution is 9.10. The van der Waals surface area contributed by atoms with E-state index in [-0.39, 0.29) is 4.90 Å². The maximum absolute atomic E-state index is 12.1. The second-order valence-corrected chi connectivity index (χ2v) is 7.14. The summed E-state index contributed by atoms with van der Waals surface area (Å²) >= 11 is 3.26. The first-order chi connectivity index (χ1) is 8.36. The molecular formula is C12H19BrN2O2S. The van der Waals surface area contributed by atoms with Gasteiger partial charge in [-0.3, -0.25) is 0 Å². The second-order valence-electron chi connectivity index (χ2n) is 4.55. The van der Waals surface area contributed by atoms with E-state index in [1.165, 1.54) is 0 Å². The molecule has 0 heterocycles. The molecule has 0 saturated carbocycles. The van der Waals surface area contributed by atoms with Crippen LogP contribution in [0.4, 0.5) is 0 Å². The van der Waals surface area contributed by atoms with Crippen LogP contribution in [0.5, 0.6) is 0 Å². The number of nitrogens with one attached hydrogen (secondary N) is 1. The quantitative estimate of drug-likeness (QED) is 0.837. The van der Waals surface area contributed by atoms with Gasteiger partial charge in [0.05, 0.1) is 4.90 Å². The first kappa shape index (κ1) is 15.6. The monoisotopic (exact) mass is 334 g/mol. The van der Waals surface area contributed by atoms with Crippen molar-refractivity contribution in [3.8, 4) is 0 Å². The van der Waals surface area contributed by atoms with Gasteiger partial charge in [-0.15, -0.1) is 0 Å². The van der Waals surface area contributed by atoms with E-state index in [1.807, 2.05) is 0 Å². The van der Waals surface area contributed by atoms with Gasteiger partial charge in [0.2, 0.25) is 10.0 Å². The fourth-order valence-electron chi connectivity index (χ4n) is 1.44. The standard InChI is InChI=1S/C12H19BrN2O2S/c1-9(2)5-6-15-18(16,17)12-7-10(8-14)3-4-11(12)13/h3-4,7,9,15H,5-6,8,14H2,1-2H3. The summed E-state index contributed by atoms with van der Waals surface area (Å²) in [5.74, 6) is 0.464. The van der Waals surface area contributed by atoms with E-state index < -0.39 is 10.0 Å². The van der Waals surface area contributed by atoms with Crippen LogP contribution in [0.25, 0.3) is 0 Å². The fraction of sp³-hybridized carbons (Fsp3) is 0.500. The van der Waals surface area contributed by atoms with Crippen molar-refractivity contribution in [2.24, 2.45) is 11.7 Å². The smallest absolute Gasteiger partial charge is 0.241 e. The highest BCUT2D eigenvalue weighted by Gasteiger charge is 2.17. The summed E-state index contributed by atoms with van der Waals surface area (Å²) in [7, 11) is -3.47. The molecule has 0 amide bonds. The molecule has 0 saturated heterocycles. The lowest BCUT2D eigenvalue weighted by Gasteiger charge is -2.10. The zero-order chi connectivity index (χ0) is 13.8. The van der Waals surface area contributed by atoms with Crippen LogP contribution in [0.15, 0.2) is 27.6 Å². The van der Waals surface area contributed by atoms with Gasteiger partial charge in [0.25, 0.3) is 0 Å². The lowest BCUT2D eigenvalue weighted by atomic mass is 10.1. The summed E-state index contributed by atoms with van der Waals surface area (Å²) in [5.41, 5.74) is 6.32. The van der Waals surface area contributed by atoms with Crippen molar-refractivity contribution in [2.75, 3.05) is 6.54 Å². The van der Waals surface area contributed by atoms with Gasteiger partial charge in [-0.25, -0.2) is 13.1 Å². The first-order valence-electron chi connectivity index (χ1n) is 5.85. The van der Waals surface area contributed by atoms with Crippen LogP contribution in [0.2, 0.25) is 0 Å². The average Bonchev–Trinajstić information content (AvgIpc) is 2.28. The van der Waals surface area contributed by atoms with Crippen molar-refractivity contribution in [3.63, 3.8) is 0 Å². The Labute approximate surface area is 117 Å². The number of hydrogen-bond acceptors (Lipinski definition) is 3. The van der Waals surface area contributed by atoms with Gasteiger partial charge < -0.3 is 5.73 Å². The molecule has 0 radical (unpaired) electrons. The minimum Gasteiger partial charge on any atom is -0.326 e. The number of halogens is 1. The van der Waals surface area contributed by atoms with E-state index in [1.54, 1.807) is 18.2 Å². The highest BCUT2D eigenvalue weighted by atomic mass is 79.9. The molecule has 0 aliphatic heterocycles. The molecule has 3 N–H and O–H groups in total. The van der Waals surface area contributed by atoms with Crippen LogP contribution in [-0.4, -0.2) is 15.0 Å². The maximum atomic E-state index is 12.1. The Balaban J connectivity index is 2.90. The third-order valence-corrected chi connectivity index (χ3v) is 4.99. The van der Waals surface area contributed by atoms with Crippen LogP contribution in [-0.2, 0) is 16.6 Å². The molecule has 102 valence electrons. The van der Waals surface area contributed by atoms with Crippen LogP contribution < -0.4 is 10.5 Å². The predicted octanol–water partition coefficient (Wildman–Crippen LogP) is 2.23. The van der Waals surface area contributed by atoms with E-state index >= 15 is 0 Å². The van der Waals surface area contributed by atoms with E-state index in [4.69, 9.17) is 5.73 Å². The minimum atomic E-state index is -3.47. The van der Waals surface area contributed by atoms with Crippen molar-refractivity contribution in [2.45, 2.75) is 31.7 Å². The first-order valence-corrected chi connectivity index (χ1v) is 8.12. The topological polar surface area (TPSA) is 72.2 Å². The molecule has 4 nitrogen and oxygen atoms in total. The molecule has 0 fully saturated rings. The maximum Gasteiger partial charge on any atom is 0.241 e. The zero-order valence-corrected chi connectivity index (χ0v) is 13.0. The Morgan fingerprint density at radius 2 is 2.06 bits per heavy atom. The Bertz CT molecular complexity index is 501. The molecule has 0 unspecified atom stereocenters. The summed E-state index contributed by atoms with van der Waals surface area (Å²) in [5, 5.41) is 0. The summed E-state index contributed by atoms with van der Waals surface area (Å²) in [6.45, 7) is 4.87. The zero-order valence-electron chi connectivity index (χ0n) is 10.6.